The molecular formula is C17H17N. The zero-order valence-electron chi connectivity index (χ0n) is 10.9. The van der Waals surface area contributed by atoms with E-state index in [1.165, 1.54) is 27.4 Å². The highest BCUT2D eigenvalue weighted by atomic mass is 15.0. The molecule has 1 nitrogen and oxygen atoms in total. The minimum absolute atomic E-state index is 0.990. The smallest absolute Gasteiger partial charge is 0.0497 e. The zero-order valence-corrected chi connectivity index (χ0v) is 10.9. The molecule has 18 heavy (non-hydrogen) atoms. The van der Waals surface area contributed by atoms with Gasteiger partial charge in [-0.3, -0.25) is 0 Å². The van der Waals surface area contributed by atoms with Crippen molar-refractivity contribution in [1.29, 1.82) is 0 Å². The van der Waals surface area contributed by atoms with Crippen LogP contribution in [0.3, 0.4) is 0 Å². The Morgan fingerprint density at radius 1 is 1.06 bits per heavy atom. The second kappa shape index (κ2) is 4.02. The molecule has 0 unspecified atom stereocenters. The molecule has 0 amide bonds. The SMILES string of the molecule is C=C(C)c1ccc2c3ccccc3n(CC)c2c1. The number of aromatic nitrogens is 1. The van der Waals surface area contributed by atoms with Gasteiger partial charge in [-0.1, -0.05) is 42.5 Å². The van der Waals surface area contributed by atoms with Crippen molar-refractivity contribution in [3.63, 3.8) is 0 Å². The summed E-state index contributed by atoms with van der Waals surface area (Å²) in [4.78, 5) is 0. The van der Waals surface area contributed by atoms with E-state index in [1.54, 1.807) is 0 Å². The Labute approximate surface area is 107 Å². The molecule has 0 aliphatic heterocycles. The average Bonchev–Trinajstić information content (AvgIpc) is 2.71. The van der Waals surface area contributed by atoms with Crippen LogP contribution in [0, 0.1) is 0 Å². The Morgan fingerprint density at radius 2 is 1.78 bits per heavy atom. The summed E-state index contributed by atoms with van der Waals surface area (Å²) in [6, 6.07) is 15.2. The predicted octanol–water partition coefficient (Wildman–Crippen LogP) is 4.85. The number of hydrogen-bond acceptors (Lipinski definition) is 0. The van der Waals surface area contributed by atoms with Crippen molar-refractivity contribution < 1.29 is 0 Å². The molecule has 3 rings (SSSR count). The second-order valence-electron chi connectivity index (χ2n) is 4.77. The number of fused-ring (bicyclic) bond motifs is 3. The van der Waals surface area contributed by atoms with Crippen LogP contribution < -0.4 is 0 Å². The molecule has 0 spiro atoms. The summed E-state index contributed by atoms with van der Waals surface area (Å²) in [6.07, 6.45) is 0. The van der Waals surface area contributed by atoms with Crippen LogP contribution in [0.15, 0.2) is 49.0 Å². The third-order valence-corrected chi connectivity index (χ3v) is 3.58. The Morgan fingerprint density at radius 3 is 2.50 bits per heavy atom. The van der Waals surface area contributed by atoms with Crippen LogP contribution in [-0.2, 0) is 6.54 Å². The van der Waals surface area contributed by atoms with E-state index in [4.69, 9.17) is 0 Å². The van der Waals surface area contributed by atoms with Gasteiger partial charge in [-0.25, -0.2) is 0 Å². The van der Waals surface area contributed by atoms with Crippen molar-refractivity contribution in [2.24, 2.45) is 0 Å². The highest BCUT2D eigenvalue weighted by Crippen LogP contribution is 2.30. The lowest BCUT2D eigenvalue weighted by atomic mass is 10.1. The van der Waals surface area contributed by atoms with Gasteiger partial charge in [-0.2, -0.15) is 0 Å². The molecular weight excluding hydrogens is 218 g/mol. The molecule has 1 heterocycles. The van der Waals surface area contributed by atoms with Crippen molar-refractivity contribution in [3.05, 3.63) is 54.6 Å². The molecule has 0 fully saturated rings. The lowest BCUT2D eigenvalue weighted by Crippen LogP contribution is -1.93. The normalized spacial score (nSPS) is 11.2. The molecule has 1 aromatic heterocycles. The Hall–Kier alpha value is -2.02. The Kier molecular flexibility index (Phi) is 2.48. The largest absolute Gasteiger partial charge is 0.341 e. The van der Waals surface area contributed by atoms with Gasteiger partial charge in [0.2, 0.25) is 0 Å². The molecule has 0 saturated heterocycles. The fraction of sp³-hybridized carbons (Fsp3) is 0.176. The van der Waals surface area contributed by atoms with Gasteiger partial charge in [0.25, 0.3) is 0 Å². The van der Waals surface area contributed by atoms with Crippen molar-refractivity contribution in [2.75, 3.05) is 0 Å². The fourth-order valence-corrected chi connectivity index (χ4v) is 2.66. The maximum absolute atomic E-state index is 4.03. The predicted molar refractivity (Wildman–Crippen MR) is 79.8 cm³/mol. The molecule has 0 aliphatic rings. The number of aryl methyl sites for hydroxylation is 1. The highest BCUT2D eigenvalue weighted by molar-refractivity contribution is 6.08. The van der Waals surface area contributed by atoms with Crippen molar-refractivity contribution in [2.45, 2.75) is 20.4 Å². The van der Waals surface area contributed by atoms with Crippen molar-refractivity contribution in [3.8, 4) is 0 Å². The molecule has 3 aromatic rings. The standard InChI is InChI=1S/C17H17N/c1-4-18-16-8-6-5-7-14(16)15-10-9-13(12(2)3)11-17(15)18/h5-11H,2,4H2,1,3H3. The average molecular weight is 235 g/mol. The van der Waals surface area contributed by atoms with Crippen LogP contribution in [0.2, 0.25) is 0 Å². The molecule has 0 N–H and O–H groups in total. The first-order valence-corrected chi connectivity index (χ1v) is 6.39. The van der Waals surface area contributed by atoms with Gasteiger partial charge in [0.1, 0.15) is 0 Å². The van der Waals surface area contributed by atoms with E-state index in [0.717, 1.165) is 12.1 Å². The van der Waals surface area contributed by atoms with Crippen LogP contribution in [0.5, 0.6) is 0 Å². The third kappa shape index (κ3) is 1.47. The molecule has 1 heteroatoms. The fourth-order valence-electron chi connectivity index (χ4n) is 2.66. The summed E-state index contributed by atoms with van der Waals surface area (Å²) in [6.45, 7) is 9.27. The van der Waals surface area contributed by atoms with Gasteiger partial charge in [-0.15, -0.1) is 0 Å². The molecule has 0 atom stereocenters. The van der Waals surface area contributed by atoms with Gasteiger partial charge >= 0.3 is 0 Å². The lowest BCUT2D eigenvalue weighted by molar-refractivity contribution is 0.827. The maximum atomic E-state index is 4.03. The number of hydrogen-bond donors (Lipinski definition) is 0. The molecule has 0 aliphatic carbocycles. The van der Waals surface area contributed by atoms with Crippen LogP contribution in [0.4, 0.5) is 0 Å². The first kappa shape index (κ1) is 11.1. The second-order valence-corrected chi connectivity index (χ2v) is 4.77. The monoisotopic (exact) mass is 235 g/mol. The molecule has 90 valence electrons. The van der Waals surface area contributed by atoms with E-state index in [-0.39, 0.29) is 0 Å². The summed E-state index contributed by atoms with van der Waals surface area (Å²) in [7, 11) is 0. The van der Waals surface area contributed by atoms with Crippen LogP contribution >= 0.6 is 0 Å². The maximum Gasteiger partial charge on any atom is 0.0497 e. The van der Waals surface area contributed by atoms with Gasteiger partial charge < -0.3 is 4.57 Å². The van der Waals surface area contributed by atoms with Crippen LogP contribution in [-0.4, -0.2) is 4.57 Å². The Balaban J connectivity index is 2.48. The first-order chi connectivity index (χ1) is 8.72. The molecule has 2 aromatic carbocycles. The van der Waals surface area contributed by atoms with Crippen molar-refractivity contribution >= 4 is 27.4 Å². The number of rotatable bonds is 2. The lowest BCUT2D eigenvalue weighted by Gasteiger charge is -2.04. The molecule has 0 saturated carbocycles. The summed E-state index contributed by atoms with van der Waals surface area (Å²) in [5, 5.41) is 2.67. The van der Waals surface area contributed by atoms with E-state index in [1.807, 2.05) is 0 Å². The minimum atomic E-state index is 0.990. The molecule has 0 radical (unpaired) electrons. The number of allylic oxidation sites excluding steroid dienone is 1. The zero-order chi connectivity index (χ0) is 12.7. The molecule has 0 bridgehead atoms. The number of benzene rings is 2. The van der Waals surface area contributed by atoms with E-state index in [0.29, 0.717) is 0 Å². The first-order valence-electron chi connectivity index (χ1n) is 6.39. The summed E-state index contributed by atoms with van der Waals surface area (Å²) in [5.41, 5.74) is 4.96. The van der Waals surface area contributed by atoms with Gasteiger partial charge in [0.05, 0.1) is 0 Å². The van der Waals surface area contributed by atoms with Crippen molar-refractivity contribution in [1.82, 2.24) is 4.57 Å². The van der Waals surface area contributed by atoms with E-state index in [9.17, 15) is 0 Å². The van der Waals surface area contributed by atoms with E-state index in [2.05, 4.69) is 67.5 Å². The highest BCUT2D eigenvalue weighted by Gasteiger charge is 2.09. The van der Waals surface area contributed by atoms with E-state index >= 15 is 0 Å². The number of para-hydroxylation sites is 1. The quantitative estimate of drug-likeness (QED) is 0.598. The van der Waals surface area contributed by atoms with E-state index < -0.39 is 0 Å². The van der Waals surface area contributed by atoms with Gasteiger partial charge in [0, 0.05) is 28.4 Å². The third-order valence-electron chi connectivity index (χ3n) is 3.58. The van der Waals surface area contributed by atoms with Crippen LogP contribution in [0.25, 0.3) is 27.4 Å². The summed E-state index contributed by atoms with van der Waals surface area (Å²) >= 11 is 0. The Bertz CT molecular complexity index is 747. The van der Waals surface area contributed by atoms with Gasteiger partial charge in [0.15, 0.2) is 0 Å². The topological polar surface area (TPSA) is 4.93 Å². The summed E-state index contributed by atoms with van der Waals surface area (Å²) < 4.78 is 2.37. The van der Waals surface area contributed by atoms with Gasteiger partial charge in [-0.05, 0) is 31.5 Å². The minimum Gasteiger partial charge on any atom is -0.341 e. The van der Waals surface area contributed by atoms with Crippen LogP contribution in [0.1, 0.15) is 19.4 Å². The number of nitrogens with zero attached hydrogens (tertiary/aromatic N) is 1. The summed E-state index contributed by atoms with van der Waals surface area (Å²) in [5.74, 6) is 0.